The molecule has 2 fully saturated rings. The van der Waals surface area contributed by atoms with Crippen LogP contribution in [-0.2, 0) is 9.47 Å². The summed E-state index contributed by atoms with van der Waals surface area (Å²) in [5.74, 6) is 0.411. The Morgan fingerprint density at radius 1 is 1.15 bits per heavy atom. The summed E-state index contributed by atoms with van der Waals surface area (Å²) in [5, 5.41) is 0. The first kappa shape index (κ1) is 9.47. The molecule has 2 heteroatoms. The van der Waals surface area contributed by atoms with E-state index in [1.165, 1.54) is 19.3 Å². The molecule has 1 heterocycles. The molecule has 0 unspecified atom stereocenters. The van der Waals surface area contributed by atoms with E-state index in [0.717, 1.165) is 19.4 Å². The smallest absolute Gasteiger partial charge is 0.168 e. The molecule has 0 aromatic carbocycles. The van der Waals surface area contributed by atoms with Gasteiger partial charge in [-0.2, -0.15) is 0 Å². The Labute approximate surface area is 80.6 Å². The minimum Gasteiger partial charge on any atom is -0.347 e. The fourth-order valence-corrected chi connectivity index (χ4v) is 2.26. The quantitative estimate of drug-likeness (QED) is 0.624. The molecule has 1 saturated carbocycles. The van der Waals surface area contributed by atoms with Gasteiger partial charge >= 0.3 is 0 Å². The minimum atomic E-state index is -0.173. The van der Waals surface area contributed by atoms with Gasteiger partial charge in [0.1, 0.15) is 0 Å². The molecule has 0 amide bonds. The van der Waals surface area contributed by atoms with Crippen LogP contribution in [0.1, 0.15) is 46.0 Å². The minimum absolute atomic E-state index is 0.173. The Balaban J connectivity index is 1.94. The first-order chi connectivity index (χ1) is 6.22. The Morgan fingerprint density at radius 3 is 2.38 bits per heavy atom. The van der Waals surface area contributed by atoms with Crippen LogP contribution >= 0.6 is 0 Å². The van der Waals surface area contributed by atoms with Crippen LogP contribution in [0.2, 0.25) is 0 Å². The van der Waals surface area contributed by atoms with Crippen molar-refractivity contribution < 1.29 is 9.47 Å². The molecular weight excluding hydrogens is 164 g/mol. The molecule has 0 radical (unpaired) electrons. The van der Waals surface area contributed by atoms with Crippen LogP contribution in [0.3, 0.4) is 0 Å². The molecular formula is C11H20O2. The van der Waals surface area contributed by atoms with Crippen LogP contribution in [0.25, 0.3) is 0 Å². The van der Waals surface area contributed by atoms with E-state index in [-0.39, 0.29) is 5.79 Å². The van der Waals surface area contributed by atoms with Gasteiger partial charge in [-0.3, -0.25) is 0 Å². The summed E-state index contributed by atoms with van der Waals surface area (Å²) in [5.41, 5.74) is 0. The summed E-state index contributed by atoms with van der Waals surface area (Å²) in [6, 6.07) is 0. The predicted octanol–water partition coefficient (Wildman–Crippen LogP) is 2.72. The highest BCUT2D eigenvalue weighted by Crippen LogP contribution is 2.39. The molecule has 2 rings (SSSR count). The second kappa shape index (κ2) is 3.58. The molecule has 1 saturated heterocycles. The van der Waals surface area contributed by atoms with Crippen molar-refractivity contribution in [2.75, 3.05) is 6.61 Å². The van der Waals surface area contributed by atoms with E-state index >= 15 is 0 Å². The van der Waals surface area contributed by atoms with Crippen molar-refractivity contribution >= 4 is 0 Å². The van der Waals surface area contributed by atoms with Crippen molar-refractivity contribution in [3.05, 3.63) is 0 Å². The van der Waals surface area contributed by atoms with Crippen molar-refractivity contribution in [3.63, 3.8) is 0 Å². The SMILES string of the molecule is CC(C)[C@@H]1COC2(CCCCC2)O1. The van der Waals surface area contributed by atoms with E-state index in [0.29, 0.717) is 12.0 Å². The average Bonchev–Trinajstić information content (AvgIpc) is 2.51. The Hall–Kier alpha value is -0.0800. The maximum Gasteiger partial charge on any atom is 0.168 e. The average molecular weight is 184 g/mol. The van der Waals surface area contributed by atoms with E-state index in [1.807, 2.05) is 0 Å². The highest BCUT2D eigenvalue weighted by molar-refractivity contribution is 4.83. The third-order valence-corrected chi connectivity index (χ3v) is 3.24. The summed E-state index contributed by atoms with van der Waals surface area (Å²) in [6.45, 7) is 5.21. The van der Waals surface area contributed by atoms with E-state index in [1.54, 1.807) is 0 Å². The lowest BCUT2D eigenvalue weighted by Gasteiger charge is -2.32. The summed E-state index contributed by atoms with van der Waals surface area (Å²) < 4.78 is 11.9. The van der Waals surface area contributed by atoms with Crippen molar-refractivity contribution in [2.45, 2.75) is 57.8 Å². The van der Waals surface area contributed by atoms with Crippen molar-refractivity contribution in [1.82, 2.24) is 0 Å². The number of rotatable bonds is 1. The van der Waals surface area contributed by atoms with Gasteiger partial charge in [0.2, 0.25) is 0 Å². The molecule has 76 valence electrons. The van der Waals surface area contributed by atoms with Gasteiger partial charge in [-0.1, -0.05) is 20.3 Å². The summed E-state index contributed by atoms with van der Waals surface area (Å²) >= 11 is 0. The Morgan fingerprint density at radius 2 is 1.85 bits per heavy atom. The highest BCUT2D eigenvalue weighted by atomic mass is 16.7. The molecule has 0 N–H and O–H groups in total. The van der Waals surface area contributed by atoms with Crippen LogP contribution in [0.5, 0.6) is 0 Å². The summed E-state index contributed by atoms with van der Waals surface area (Å²) in [6.07, 6.45) is 6.43. The molecule has 1 spiro atoms. The number of hydrogen-bond acceptors (Lipinski definition) is 2. The van der Waals surface area contributed by atoms with Crippen molar-refractivity contribution in [3.8, 4) is 0 Å². The lowest BCUT2D eigenvalue weighted by atomic mass is 9.94. The molecule has 2 aliphatic rings. The van der Waals surface area contributed by atoms with E-state index in [4.69, 9.17) is 9.47 Å². The second-order valence-electron chi connectivity index (χ2n) is 4.68. The second-order valence-corrected chi connectivity index (χ2v) is 4.68. The first-order valence-corrected chi connectivity index (χ1v) is 5.54. The number of ether oxygens (including phenoxy) is 2. The summed E-state index contributed by atoms with van der Waals surface area (Å²) in [7, 11) is 0. The van der Waals surface area contributed by atoms with Gasteiger partial charge in [0.15, 0.2) is 5.79 Å². The van der Waals surface area contributed by atoms with Crippen LogP contribution < -0.4 is 0 Å². The maximum atomic E-state index is 6.03. The lowest BCUT2D eigenvalue weighted by Crippen LogP contribution is -2.34. The molecule has 0 aromatic heterocycles. The van der Waals surface area contributed by atoms with Crippen LogP contribution in [0.4, 0.5) is 0 Å². The zero-order valence-corrected chi connectivity index (χ0v) is 8.71. The lowest BCUT2D eigenvalue weighted by molar-refractivity contribution is -0.190. The monoisotopic (exact) mass is 184 g/mol. The highest BCUT2D eigenvalue weighted by Gasteiger charge is 2.42. The molecule has 13 heavy (non-hydrogen) atoms. The van der Waals surface area contributed by atoms with E-state index in [2.05, 4.69) is 13.8 Å². The Bertz CT molecular complexity index is 171. The van der Waals surface area contributed by atoms with E-state index in [9.17, 15) is 0 Å². The van der Waals surface area contributed by atoms with Crippen LogP contribution in [0.15, 0.2) is 0 Å². The van der Waals surface area contributed by atoms with Crippen LogP contribution in [0, 0.1) is 5.92 Å². The molecule has 0 bridgehead atoms. The van der Waals surface area contributed by atoms with Gasteiger partial charge < -0.3 is 9.47 Å². The van der Waals surface area contributed by atoms with Gasteiger partial charge in [0, 0.05) is 12.8 Å². The standard InChI is InChI=1S/C11H20O2/c1-9(2)10-8-12-11(13-10)6-4-3-5-7-11/h9-10H,3-8H2,1-2H3/t10-/m0/s1. The van der Waals surface area contributed by atoms with Gasteiger partial charge in [-0.15, -0.1) is 0 Å². The normalized spacial score (nSPS) is 33.0. The number of hydrogen-bond donors (Lipinski definition) is 0. The fourth-order valence-electron chi connectivity index (χ4n) is 2.26. The fraction of sp³-hybridized carbons (Fsp3) is 1.00. The van der Waals surface area contributed by atoms with Gasteiger partial charge in [-0.25, -0.2) is 0 Å². The summed E-state index contributed by atoms with van der Waals surface area (Å²) in [4.78, 5) is 0. The van der Waals surface area contributed by atoms with E-state index < -0.39 is 0 Å². The Kier molecular flexibility index (Phi) is 2.61. The topological polar surface area (TPSA) is 18.5 Å². The van der Waals surface area contributed by atoms with Crippen molar-refractivity contribution in [2.24, 2.45) is 5.92 Å². The third kappa shape index (κ3) is 1.89. The van der Waals surface area contributed by atoms with Crippen molar-refractivity contribution in [1.29, 1.82) is 0 Å². The largest absolute Gasteiger partial charge is 0.347 e. The maximum absolute atomic E-state index is 6.03. The molecule has 0 aromatic rings. The van der Waals surface area contributed by atoms with Gasteiger partial charge in [0.25, 0.3) is 0 Å². The van der Waals surface area contributed by atoms with Gasteiger partial charge in [0.05, 0.1) is 12.7 Å². The molecule has 1 aliphatic carbocycles. The van der Waals surface area contributed by atoms with Crippen LogP contribution in [-0.4, -0.2) is 18.5 Å². The molecule has 1 atom stereocenters. The zero-order chi connectivity index (χ0) is 9.31. The first-order valence-electron chi connectivity index (χ1n) is 5.54. The molecule has 2 nitrogen and oxygen atoms in total. The third-order valence-electron chi connectivity index (χ3n) is 3.24. The zero-order valence-electron chi connectivity index (χ0n) is 8.71. The predicted molar refractivity (Wildman–Crippen MR) is 51.5 cm³/mol. The molecule has 1 aliphatic heterocycles. The van der Waals surface area contributed by atoms with Gasteiger partial charge in [-0.05, 0) is 18.8 Å².